The molecule has 0 amide bonds. The molecule has 0 saturated heterocycles. The molecular formula is C7H7FN4O2S. The van der Waals surface area contributed by atoms with Crippen LogP contribution in [0.1, 0.15) is 0 Å². The van der Waals surface area contributed by atoms with Crippen LogP contribution in [0.25, 0.3) is 5.65 Å². The Morgan fingerprint density at radius 2 is 2.20 bits per heavy atom. The van der Waals surface area contributed by atoms with E-state index in [4.69, 9.17) is 0 Å². The molecule has 0 aliphatic heterocycles. The maximum Gasteiger partial charge on any atom is 0.256 e. The summed E-state index contributed by atoms with van der Waals surface area (Å²) < 4.78 is 37.7. The van der Waals surface area contributed by atoms with Gasteiger partial charge in [0.15, 0.2) is 5.65 Å². The van der Waals surface area contributed by atoms with Crippen LogP contribution in [0.5, 0.6) is 0 Å². The summed E-state index contributed by atoms with van der Waals surface area (Å²) in [4.78, 5) is 3.83. The highest BCUT2D eigenvalue weighted by molar-refractivity contribution is 7.91. The van der Waals surface area contributed by atoms with Gasteiger partial charge in [-0.1, -0.05) is 0 Å². The van der Waals surface area contributed by atoms with E-state index in [-0.39, 0.29) is 5.95 Å². The van der Waals surface area contributed by atoms with E-state index < -0.39 is 15.8 Å². The van der Waals surface area contributed by atoms with Crippen molar-refractivity contribution in [2.45, 2.75) is 0 Å². The minimum absolute atomic E-state index is 0.0805. The first-order chi connectivity index (χ1) is 6.94. The number of halogens is 1. The molecule has 0 radical (unpaired) electrons. The first kappa shape index (κ1) is 9.84. The molecule has 0 unspecified atom stereocenters. The lowest BCUT2D eigenvalue weighted by molar-refractivity contribution is 0.606. The Kier molecular flexibility index (Phi) is 2.07. The number of rotatable bonds is 2. The quantitative estimate of drug-likeness (QED) is 0.801. The number of hydrogen-bond donors (Lipinski definition) is 1. The first-order valence-electron chi connectivity index (χ1n) is 3.94. The van der Waals surface area contributed by atoms with Crippen LogP contribution in [0.15, 0.2) is 18.3 Å². The number of fused-ring (bicyclic) bond motifs is 1. The summed E-state index contributed by atoms with van der Waals surface area (Å²) >= 11 is 0. The van der Waals surface area contributed by atoms with E-state index in [1.165, 1.54) is 12.1 Å². The summed E-state index contributed by atoms with van der Waals surface area (Å²) in [5.74, 6) is -0.554. The normalized spacial score (nSPS) is 11.9. The third kappa shape index (κ3) is 2.21. The van der Waals surface area contributed by atoms with Crippen molar-refractivity contribution in [3.8, 4) is 0 Å². The number of sulfonamides is 1. The molecule has 6 nitrogen and oxygen atoms in total. The number of anilines is 1. The van der Waals surface area contributed by atoms with Gasteiger partial charge in [-0.25, -0.2) is 17.3 Å². The molecule has 0 saturated carbocycles. The smallest absolute Gasteiger partial charge is 0.250 e. The molecular weight excluding hydrogens is 223 g/mol. The van der Waals surface area contributed by atoms with Crippen LogP contribution in [-0.4, -0.2) is 29.3 Å². The largest absolute Gasteiger partial charge is 0.256 e. The second-order valence-corrected chi connectivity index (χ2v) is 4.71. The van der Waals surface area contributed by atoms with Crippen molar-refractivity contribution in [3.05, 3.63) is 24.1 Å². The fraction of sp³-hybridized carbons (Fsp3) is 0.143. The fourth-order valence-corrected chi connectivity index (χ4v) is 1.49. The Labute approximate surface area is 84.8 Å². The Morgan fingerprint density at radius 3 is 2.87 bits per heavy atom. The van der Waals surface area contributed by atoms with Crippen molar-refractivity contribution in [2.24, 2.45) is 0 Å². The van der Waals surface area contributed by atoms with E-state index in [0.29, 0.717) is 5.65 Å². The van der Waals surface area contributed by atoms with Gasteiger partial charge in [0.1, 0.15) is 5.82 Å². The average molecular weight is 230 g/mol. The zero-order valence-corrected chi connectivity index (χ0v) is 8.49. The van der Waals surface area contributed by atoms with Gasteiger partial charge in [-0.3, -0.25) is 4.72 Å². The van der Waals surface area contributed by atoms with Crippen LogP contribution < -0.4 is 4.72 Å². The number of hydrogen-bond acceptors (Lipinski definition) is 4. The number of aromatic nitrogens is 3. The van der Waals surface area contributed by atoms with Crippen LogP contribution in [0.4, 0.5) is 10.3 Å². The van der Waals surface area contributed by atoms with Crippen molar-refractivity contribution >= 4 is 21.6 Å². The molecule has 15 heavy (non-hydrogen) atoms. The maximum atomic E-state index is 12.8. The highest BCUT2D eigenvalue weighted by atomic mass is 32.2. The Balaban J connectivity index is 2.48. The lowest BCUT2D eigenvalue weighted by Crippen LogP contribution is -2.10. The van der Waals surface area contributed by atoms with E-state index in [1.54, 1.807) is 0 Å². The van der Waals surface area contributed by atoms with E-state index >= 15 is 0 Å². The minimum atomic E-state index is -3.42. The van der Waals surface area contributed by atoms with Crippen LogP contribution in [-0.2, 0) is 10.0 Å². The predicted molar refractivity (Wildman–Crippen MR) is 51.4 cm³/mol. The molecule has 2 rings (SSSR count). The van der Waals surface area contributed by atoms with E-state index in [1.807, 2.05) is 0 Å². The van der Waals surface area contributed by atoms with Crippen molar-refractivity contribution in [2.75, 3.05) is 11.0 Å². The van der Waals surface area contributed by atoms with Crippen molar-refractivity contribution in [3.63, 3.8) is 0 Å². The predicted octanol–water partition coefficient (Wildman–Crippen LogP) is 0.240. The summed E-state index contributed by atoms with van der Waals surface area (Å²) in [6, 6.07) is 2.62. The molecule has 0 spiro atoms. The fourth-order valence-electron chi connectivity index (χ4n) is 1.07. The van der Waals surface area contributed by atoms with Crippen LogP contribution in [0, 0.1) is 5.82 Å². The molecule has 0 atom stereocenters. The summed E-state index contributed by atoms with van der Waals surface area (Å²) in [5, 5.41) is 3.73. The third-order valence-electron chi connectivity index (χ3n) is 1.57. The second kappa shape index (κ2) is 3.16. The average Bonchev–Trinajstić information content (AvgIpc) is 2.42. The zero-order valence-electron chi connectivity index (χ0n) is 7.68. The molecule has 1 N–H and O–H groups in total. The van der Waals surface area contributed by atoms with Crippen LogP contribution in [0.2, 0.25) is 0 Å². The van der Waals surface area contributed by atoms with Gasteiger partial charge < -0.3 is 0 Å². The highest BCUT2D eigenvalue weighted by Crippen LogP contribution is 2.07. The molecule has 0 aliphatic rings. The van der Waals surface area contributed by atoms with Crippen molar-refractivity contribution in [1.29, 1.82) is 0 Å². The standard InChI is InChI=1S/C7H7FN4O2S/c1-15(13,14)11-7-9-6-3-2-5(8)4-12(6)10-7/h2-4H,1H3,(H,10,11). The van der Waals surface area contributed by atoms with Crippen LogP contribution >= 0.6 is 0 Å². The Bertz CT molecular complexity index is 606. The van der Waals surface area contributed by atoms with E-state index in [9.17, 15) is 12.8 Å². The van der Waals surface area contributed by atoms with Gasteiger partial charge in [0, 0.05) is 0 Å². The molecule has 0 aromatic carbocycles. The summed E-state index contributed by atoms with van der Waals surface area (Å²) in [7, 11) is -3.42. The van der Waals surface area contributed by atoms with Gasteiger partial charge in [-0.2, -0.15) is 4.98 Å². The summed E-state index contributed by atoms with van der Waals surface area (Å²) in [6.07, 6.45) is 2.09. The number of nitrogens with one attached hydrogen (secondary N) is 1. The van der Waals surface area contributed by atoms with Crippen molar-refractivity contribution < 1.29 is 12.8 Å². The first-order valence-corrected chi connectivity index (χ1v) is 5.83. The molecule has 80 valence electrons. The monoisotopic (exact) mass is 230 g/mol. The van der Waals surface area contributed by atoms with Gasteiger partial charge in [0.05, 0.1) is 12.5 Å². The molecule has 0 bridgehead atoms. The van der Waals surface area contributed by atoms with E-state index in [0.717, 1.165) is 17.0 Å². The van der Waals surface area contributed by atoms with Gasteiger partial charge in [0.25, 0.3) is 5.95 Å². The van der Waals surface area contributed by atoms with Gasteiger partial charge in [0.2, 0.25) is 10.0 Å². The number of nitrogens with zero attached hydrogens (tertiary/aromatic N) is 3. The molecule has 0 fully saturated rings. The molecule has 2 heterocycles. The minimum Gasteiger partial charge on any atom is -0.250 e. The highest BCUT2D eigenvalue weighted by Gasteiger charge is 2.08. The topological polar surface area (TPSA) is 76.4 Å². The molecule has 2 aromatic heterocycles. The molecule has 2 aromatic rings. The summed E-state index contributed by atoms with van der Waals surface area (Å²) in [6.45, 7) is 0. The Hall–Kier alpha value is -1.70. The third-order valence-corrected chi connectivity index (χ3v) is 2.12. The Morgan fingerprint density at radius 1 is 1.47 bits per heavy atom. The second-order valence-electron chi connectivity index (χ2n) is 2.96. The SMILES string of the molecule is CS(=O)(=O)Nc1nc2ccc(F)cn2n1. The van der Waals surface area contributed by atoms with Crippen molar-refractivity contribution in [1.82, 2.24) is 14.6 Å². The number of pyridine rings is 1. The van der Waals surface area contributed by atoms with Gasteiger partial charge >= 0.3 is 0 Å². The lowest BCUT2D eigenvalue weighted by Gasteiger charge is -1.94. The summed E-state index contributed by atoms with van der Waals surface area (Å²) in [5.41, 5.74) is 0.363. The van der Waals surface area contributed by atoms with Gasteiger partial charge in [-0.15, -0.1) is 5.10 Å². The maximum absolute atomic E-state index is 12.8. The molecule has 0 aliphatic carbocycles. The van der Waals surface area contributed by atoms with E-state index in [2.05, 4.69) is 14.8 Å². The molecule has 8 heteroatoms. The van der Waals surface area contributed by atoms with Crippen LogP contribution in [0.3, 0.4) is 0 Å². The zero-order chi connectivity index (χ0) is 11.1. The lowest BCUT2D eigenvalue weighted by atomic mass is 10.5. The van der Waals surface area contributed by atoms with Gasteiger partial charge in [-0.05, 0) is 12.1 Å².